The average Bonchev–Trinajstić information content (AvgIpc) is 3.00. The number of amidine groups is 1. The zero-order valence-corrected chi connectivity index (χ0v) is 16.8. The second-order valence-electron chi connectivity index (χ2n) is 7.13. The summed E-state index contributed by atoms with van der Waals surface area (Å²) in [6.45, 7) is 4.43. The molecule has 1 aromatic rings. The van der Waals surface area contributed by atoms with Crippen molar-refractivity contribution in [2.45, 2.75) is 38.1 Å². The first kappa shape index (κ1) is 19.2. The maximum Gasteiger partial charge on any atom is 0.248 e. The van der Waals surface area contributed by atoms with Gasteiger partial charge in [-0.1, -0.05) is 43.8 Å². The van der Waals surface area contributed by atoms with Gasteiger partial charge >= 0.3 is 0 Å². The molecule has 2 atom stereocenters. The first-order valence-corrected chi connectivity index (χ1v) is 11.4. The molecule has 0 saturated carbocycles. The molecule has 6 nitrogen and oxygen atoms in total. The molecule has 2 saturated heterocycles. The van der Waals surface area contributed by atoms with Crippen molar-refractivity contribution in [3.05, 3.63) is 29.8 Å². The van der Waals surface area contributed by atoms with Crippen molar-refractivity contribution in [3.8, 4) is 5.75 Å². The predicted molar refractivity (Wildman–Crippen MR) is 104 cm³/mol. The Morgan fingerprint density at radius 3 is 2.77 bits per heavy atom. The molecule has 2 unspecified atom stereocenters. The quantitative estimate of drug-likeness (QED) is 0.760. The minimum atomic E-state index is -3.05. The van der Waals surface area contributed by atoms with E-state index in [1.807, 2.05) is 43.0 Å². The highest BCUT2D eigenvalue weighted by atomic mass is 32.2. The second-order valence-corrected chi connectivity index (χ2v) is 10.5. The fourth-order valence-electron chi connectivity index (χ4n) is 3.34. The molecule has 142 valence electrons. The fourth-order valence-corrected chi connectivity index (χ4v) is 7.31. The summed E-state index contributed by atoms with van der Waals surface area (Å²) >= 11 is 1.41. The molecule has 0 radical (unpaired) electrons. The van der Waals surface area contributed by atoms with E-state index < -0.39 is 9.84 Å². The zero-order valence-electron chi connectivity index (χ0n) is 15.2. The van der Waals surface area contributed by atoms with Crippen LogP contribution in [-0.4, -0.2) is 54.3 Å². The van der Waals surface area contributed by atoms with Crippen molar-refractivity contribution >= 4 is 32.7 Å². The Labute approximate surface area is 158 Å². The van der Waals surface area contributed by atoms with Crippen molar-refractivity contribution in [2.24, 2.45) is 10.9 Å². The molecule has 3 rings (SSSR count). The summed E-state index contributed by atoms with van der Waals surface area (Å²) in [5.74, 6) is 1.07. The number of para-hydroxylation sites is 1. The van der Waals surface area contributed by atoms with Crippen molar-refractivity contribution in [3.63, 3.8) is 0 Å². The number of rotatable bonds is 5. The van der Waals surface area contributed by atoms with E-state index in [1.165, 1.54) is 11.8 Å². The normalized spacial score (nSPS) is 25.7. The second kappa shape index (κ2) is 7.60. The number of hydrogen-bond donors (Lipinski definition) is 0. The fraction of sp³-hybridized carbons (Fsp3) is 0.556. The first-order valence-electron chi connectivity index (χ1n) is 8.66. The molecule has 0 aromatic heterocycles. The molecule has 0 bridgehead atoms. The van der Waals surface area contributed by atoms with Crippen LogP contribution in [0, 0.1) is 5.92 Å². The van der Waals surface area contributed by atoms with Gasteiger partial charge in [0.15, 0.2) is 15.0 Å². The summed E-state index contributed by atoms with van der Waals surface area (Å²) < 4.78 is 29.6. The molecule has 26 heavy (non-hydrogen) atoms. The minimum Gasteiger partial charge on any atom is -0.496 e. The lowest BCUT2D eigenvalue weighted by Crippen LogP contribution is -2.37. The summed E-state index contributed by atoms with van der Waals surface area (Å²) in [4.78, 5) is 18.5. The summed E-state index contributed by atoms with van der Waals surface area (Å²) in [6.07, 6.45) is 0.389. The van der Waals surface area contributed by atoms with Crippen LogP contribution in [0.4, 0.5) is 0 Å². The predicted octanol–water partition coefficient (Wildman–Crippen LogP) is 2.34. The lowest BCUT2D eigenvalue weighted by Gasteiger charge is -2.25. The number of ether oxygens (including phenoxy) is 1. The van der Waals surface area contributed by atoms with Gasteiger partial charge in [-0.2, -0.15) is 4.99 Å². The van der Waals surface area contributed by atoms with Crippen LogP contribution in [0.1, 0.15) is 25.8 Å². The average molecular weight is 397 g/mol. The van der Waals surface area contributed by atoms with Gasteiger partial charge in [-0.3, -0.25) is 4.79 Å². The van der Waals surface area contributed by atoms with E-state index in [9.17, 15) is 13.2 Å². The van der Waals surface area contributed by atoms with Gasteiger partial charge in [-0.15, -0.1) is 0 Å². The summed E-state index contributed by atoms with van der Waals surface area (Å²) in [5, 5.41) is 0.562. The van der Waals surface area contributed by atoms with E-state index in [1.54, 1.807) is 7.11 Å². The van der Waals surface area contributed by atoms with E-state index >= 15 is 0 Å². The van der Waals surface area contributed by atoms with Crippen molar-refractivity contribution in [2.75, 3.05) is 18.6 Å². The third-order valence-corrected chi connectivity index (χ3v) is 7.76. The summed E-state index contributed by atoms with van der Waals surface area (Å²) in [5.41, 5.74) is 0.949. The largest absolute Gasteiger partial charge is 0.496 e. The summed E-state index contributed by atoms with van der Waals surface area (Å²) in [7, 11) is -1.44. The third-order valence-electron chi connectivity index (χ3n) is 4.51. The molecular weight excluding hydrogens is 372 g/mol. The molecule has 2 heterocycles. The maximum absolute atomic E-state index is 12.2. The van der Waals surface area contributed by atoms with E-state index in [4.69, 9.17) is 4.74 Å². The number of nitrogens with zero attached hydrogens (tertiary/aromatic N) is 2. The highest BCUT2D eigenvalue weighted by Crippen LogP contribution is 2.39. The highest BCUT2D eigenvalue weighted by Gasteiger charge is 2.48. The molecule has 2 fully saturated rings. The Hall–Kier alpha value is -1.54. The molecule has 2 aliphatic rings. The number of aliphatic imine (C=N–C) groups is 1. The maximum atomic E-state index is 12.2. The number of benzene rings is 1. The van der Waals surface area contributed by atoms with Gasteiger partial charge in [-0.05, 0) is 12.0 Å². The van der Waals surface area contributed by atoms with Gasteiger partial charge < -0.3 is 9.64 Å². The Morgan fingerprint density at radius 1 is 1.35 bits per heavy atom. The van der Waals surface area contributed by atoms with Crippen molar-refractivity contribution in [1.82, 2.24) is 4.90 Å². The SMILES string of the molecule is COc1ccccc1CN1C(=NC(=O)CC(C)C)SC2CS(=O)(=O)CC21. The molecule has 2 aliphatic heterocycles. The van der Waals surface area contributed by atoms with Gasteiger partial charge in [0.2, 0.25) is 5.91 Å². The van der Waals surface area contributed by atoms with E-state index in [2.05, 4.69) is 4.99 Å². The Morgan fingerprint density at radius 2 is 2.08 bits per heavy atom. The third kappa shape index (κ3) is 4.23. The van der Waals surface area contributed by atoms with E-state index in [0.29, 0.717) is 18.1 Å². The smallest absolute Gasteiger partial charge is 0.248 e. The number of carbonyl (C=O) groups is 1. The number of amides is 1. The van der Waals surface area contributed by atoms with Crippen LogP contribution in [0.25, 0.3) is 0 Å². The molecule has 0 aliphatic carbocycles. The molecule has 8 heteroatoms. The molecule has 1 aromatic carbocycles. The summed E-state index contributed by atoms with van der Waals surface area (Å²) in [6, 6.07) is 7.49. The number of hydrogen-bond acceptors (Lipinski definition) is 5. The zero-order chi connectivity index (χ0) is 18.9. The topological polar surface area (TPSA) is 76.0 Å². The van der Waals surface area contributed by atoms with Gasteiger partial charge in [0.25, 0.3) is 0 Å². The van der Waals surface area contributed by atoms with Gasteiger partial charge in [0.05, 0.1) is 24.7 Å². The number of fused-ring (bicyclic) bond motifs is 1. The molecule has 1 amide bonds. The minimum absolute atomic E-state index is 0.0692. The van der Waals surface area contributed by atoms with E-state index in [0.717, 1.165) is 11.3 Å². The van der Waals surface area contributed by atoms with Crippen LogP contribution in [0.2, 0.25) is 0 Å². The van der Waals surface area contributed by atoms with Crippen molar-refractivity contribution < 1.29 is 17.9 Å². The number of sulfone groups is 1. The lowest BCUT2D eigenvalue weighted by atomic mass is 10.1. The number of thioether (sulfide) groups is 1. The van der Waals surface area contributed by atoms with Crippen molar-refractivity contribution in [1.29, 1.82) is 0 Å². The van der Waals surface area contributed by atoms with Gasteiger partial charge in [0.1, 0.15) is 5.75 Å². The standard InChI is InChI=1S/C18H24N2O4S2/c1-12(2)8-17(21)19-18-20(9-13-6-4-5-7-15(13)24-3)14-10-26(22,23)11-16(14)25-18/h4-7,12,14,16H,8-11H2,1-3H3. The van der Waals surface area contributed by atoms with Crippen LogP contribution in [0.5, 0.6) is 5.75 Å². The Bertz CT molecular complexity index is 820. The van der Waals surface area contributed by atoms with Crippen LogP contribution in [0.15, 0.2) is 29.3 Å². The van der Waals surface area contributed by atoms with Crippen LogP contribution in [-0.2, 0) is 21.2 Å². The monoisotopic (exact) mass is 396 g/mol. The van der Waals surface area contributed by atoms with E-state index in [-0.39, 0.29) is 34.6 Å². The Balaban J connectivity index is 1.90. The van der Waals surface area contributed by atoms with Gasteiger partial charge in [0, 0.05) is 23.8 Å². The number of carbonyl (C=O) groups excluding carboxylic acids is 1. The highest BCUT2D eigenvalue weighted by molar-refractivity contribution is 8.15. The van der Waals surface area contributed by atoms with Gasteiger partial charge in [-0.25, -0.2) is 8.42 Å². The molecule has 0 N–H and O–H groups in total. The van der Waals surface area contributed by atoms with Crippen LogP contribution < -0.4 is 4.74 Å². The van der Waals surface area contributed by atoms with Crippen LogP contribution in [0.3, 0.4) is 0 Å². The lowest BCUT2D eigenvalue weighted by molar-refractivity contribution is -0.118. The van der Waals surface area contributed by atoms with Crippen LogP contribution >= 0.6 is 11.8 Å². The molecule has 0 spiro atoms. The number of methoxy groups -OCH3 is 1. The Kier molecular flexibility index (Phi) is 5.62. The molecular formula is C18H24N2O4S2. The first-order chi connectivity index (χ1) is 12.3.